The van der Waals surface area contributed by atoms with Crippen molar-refractivity contribution in [1.29, 1.82) is 0 Å². The molecular weight excluding hydrogens is 266 g/mol. The number of ether oxygens (including phenoxy) is 1. The number of hydrogen-bond donors (Lipinski definition) is 2. The number of aromatic nitrogens is 1. The highest BCUT2D eigenvalue weighted by Crippen LogP contribution is 2.24. The van der Waals surface area contributed by atoms with Crippen LogP contribution in [0.5, 0.6) is 0 Å². The van der Waals surface area contributed by atoms with Crippen LogP contribution in [0.1, 0.15) is 10.4 Å². The number of esters is 1. The smallest absolute Gasteiger partial charge is 0.337 e. The normalized spacial score (nSPS) is 10.0. The number of nitrogen functional groups attached to an aromatic ring is 1. The van der Waals surface area contributed by atoms with Gasteiger partial charge in [0.1, 0.15) is 5.15 Å². The van der Waals surface area contributed by atoms with Crippen LogP contribution in [0.25, 0.3) is 0 Å². The molecule has 1 heterocycles. The van der Waals surface area contributed by atoms with Crippen LogP contribution in [-0.4, -0.2) is 18.1 Å². The van der Waals surface area contributed by atoms with E-state index >= 15 is 0 Å². The Kier molecular flexibility index (Phi) is 3.87. The third-order valence-electron chi connectivity index (χ3n) is 2.49. The second-order valence-corrected chi connectivity index (χ2v) is 4.18. The molecule has 0 saturated carbocycles. The number of nitrogens with two attached hydrogens (primary N) is 1. The molecule has 2 aromatic rings. The van der Waals surface area contributed by atoms with Crippen molar-refractivity contribution in [1.82, 2.24) is 4.98 Å². The lowest BCUT2D eigenvalue weighted by molar-refractivity contribution is 0.0601. The molecule has 6 heteroatoms. The molecule has 0 atom stereocenters. The maximum absolute atomic E-state index is 11.3. The van der Waals surface area contributed by atoms with Gasteiger partial charge in [0.15, 0.2) is 0 Å². The van der Waals surface area contributed by atoms with Crippen molar-refractivity contribution < 1.29 is 9.53 Å². The molecule has 1 aromatic carbocycles. The van der Waals surface area contributed by atoms with E-state index in [0.29, 0.717) is 22.1 Å². The Labute approximate surface area is 115 Å². The summed E-state index contributed by atoms with van der Waals surface area (Å²) in [7, 11) is 1.34. The molecule has 0 spiro atoms. The summed E-state index contributed by atoms with van der Waals surface area (Å²) in [5.74, 6) is -0.377. The molecule has 19 heavy (non-hydrogen) atoms. The molecular formula is C13H12ClN3O2. The minimum atomic E-state index is -0.377. The summed E-state index contributed by atoms with van der Waals surface area (Å²) in [5, 5.41) is 3.45. The van der Waals surface area contributed by atoms with Gasteiger partial charge in [0.2, 0.25) is 0 Å². The zero-order valence-electron chi connectivity index (χ0n) is 10.2. The van der Waals surface area contributed by atoms with E-state index in [-0.39, 0.29) is 5.97 Å². The molecule has 2 rings (SSSR count). The van der Waals surface area contributed by atoms with Gasteiger partial charge in [-0.1, -0.05) is 11.6 Å². The van der Waals surface area contributed by atoms with E-state index in [1.54, 1.807) is 30.3 Å². The Balaban J connectivity index is 2.19. The number of anilines is 3. The van der Waals surface area contributed by atoms with Crippen LogP contribution in [0.15, 0.2) is 36.5 Å². The maximum atomic E-state index is 11.3. The lowest BCUT2D eigenvalue weighted by Gasteiger charge is -2.09. The van der Waals surface area contributed by atoms with Crippen LogP contribution < -0.4 is 11.1 Å². The monoisotopic (exact) mass is 277 g/mol. The second kappa shape index (κ2) is 5.58. The number of methoxy groups -OCH3 is 1. The van der Waals surface area contributed by atoms with Gasteiger partial charge in [0, 0.05) is 11.8 Å². The summed E-state index contributed by atoms with van der Waals surface area (Å²) in [6.07, 6.45) is 1.48. The van der Waals surface area contributed by atoms with Crippen molar-refractivity contribution in [2.75, 3.05) is 18.2 Å². The molecule has 0 saturated heterocycles. The third-order valence-corrected chi connectivity index (χ3v) is 2.69. The molecule has 0 fully saturated rings. The minimum absolute atomic E-state index is 0.350. The van der Waals surface area contributed by atoms with Gasteiger partial charge in [-0.25, -0.2) is 9.78 Å². The van der Waals surface area contributed by atoms with Gasteiger partial charge in [-0.15, -0.1) is 0 Å². The van der Waals surface area contributed by atoms with Crippen molar-refractivity contribution in [3.05, 3.63) is 47.2 Å². The van der Waals surface area contributed by atoms with Crippen LogP contribution in [-0.2, 0) is 4.74 Å². The van der Waals surface area contributed by atoms with Crippen LogP contribution >= 0.6 is 11.6 Å². The summed E-state index contributed by atoms with van der Waals surface area (Å²) in [5.41, 5.74) is 8.18. The number of carbonyl (C=O) groups is 1. The SMILES string of the molecule is COC(=O)c1ccc(Nc2cc(Cl)ncc2N)cc1. The van der Waals surface area contributed by atoms with E-state index in [0.717, 1.165) is 5.69 Å². The number of hydrogen-bond acceptors (Lipinski definition) is 5. The van der Waals surface area contributed by atoms with Crippen LogP contribution in [0.4, 0.5) is 17.1 Å². The van der Waals surface area contributed by atoms with Crippen molar-refractivity contribution in [3.8, 4) is 0 Å². The number of rotatable bonds is 3. The van der Waals surface area contributed by atoms with Gasteiger partial charge in [0.05, 0.1) is 30.2 Å². The molecule has 0 bridgehead atoms. The second-order valence-electron chi connectivity index (χ2n) is 3.79. The number of halogens is 1. The predicted octanol–water partition coefficient (Wildman–Crippen LogP) is 2.85. The number of nitrogens with one attached hydrogen (secondary N) is 1. The Morgan fingerprint density at radius 2 is 2.05 bits per heavy atom. The molecule has 0 aliphatic rings. The van der Waals surface area contributed by atoms with Gasteiger partial charge in [0.25, 0.3) is 0 Å². The largest absolute Gasteiger partial charge is 0.465 e. The summed E-state index contributed by atoms with van der Waals surface area (Å²) in [6, 6.07) is 8.45. The Morgan fingerprint density at radius 1 is 1.37 bits per heavy atom. The summed E-state index contributed by atoms with van der Waals surface area (Å²) < 4.78 is 4.62. The zero-order chi connectivity index (χ0) is 13.8. The van der Waals surface area contributed by atoms with Crippen molar-refractivity contribution in [3.63, 3.8) is 0 Å². The van der Waals surface area contributed by atoms with E-state index in [4.69, 9.17) is 17.3 Å². The average molecular weight is 278 g/mol. The Bertz CT molecular complexity index is 599. The number of pyridine rings is 1. The molecule has 0 unspecified atom stereocenters. The lowest BCUT2D eigenvalue weighted by atomic mass is 10.2. The van der Waals surface area contributed by atoms with E-state index in [2.05, 4.69) is 15.0 Å². The first-order valence-electron chi connectivity index (χ1n) is 5.46. The Hall–Kier alpha value is -2.27. The average Bonchev–Trinajstić information content (AvgIpc) is 2.43. The number of nitrogens with zero attached hydrogens (tertiary/aromatic N) is 1. The standard InChI is InChI=1S/C13H12ClN3O2/c1-19-13(18)8-2-4-9(5-3-8)17-11-6-12(14)16-7-10(11)15/h2-7H,15H2,1H3,(H,16,17). The first kappa shape index (κ1) is 13.2. The van der Waals surface area contributed by atoms with E-state index in [1.165, 1.54) is 13.3 Å². The maximum Gasteiger partial charge on any atom is 0.337 e. The highest BCUT2D eigenvalue weighted by atomic mass is 35.5. The molecule has 3 N–H and O–H groups in total. The Morgan fingerprint density at radius 3 is 2.68 bits per heavy atom. The number of carbonyl (C=O) groups excluding carboxylic acids is 1. The molecule has 0 aliphatic carbocycles. The fourth-order valence-corrected chi connectivity index (χ4v) is 1.67. The fourth-order valence-electron chi connectivity index (χ4n) is 1.51. The van der Waals surface area contributed by atoms with Crippen LogP contribution in [0.2, 0.25) is 5.15 Å². The van der Waals surface area contributed by atoms with Crippen molar-refractivity contribution >= 4 is 34.6 Å². The van der Waals surface area contributed by atoms with Crippen molar-refractivity contribution in [2.45, 2.75) is 0 Å². The molecule has 1 aromatic heterocycles. The first-order valence-corrected chi connectivity index (χ1v) is 5.84. The van der Waals surface area contributed by atoms with Gasteiger partial charge in [-0.3, -0.25) is 0 Å². The van der Waals surface area contributed by atoms with Gasteiger partial charge < -0.3 is 15.8 Å². The minimum Gasteiger partial charge on any atom is -0.465 e. The predicted molar refractivity (Wildman–Crippen MR) is 74.7 cm³/mol. The quantitative estimate of drug-likeness (QED) is 0.666. The van der Waals surface area contributed by atoms with E-state index in [9.17, 15) is 4.79 Å². The molecule has 0 aliphatic heterocycles. The van der Waals surface area contributed by atoms with Crippen LogP contribution in [0, 0.1) is 0 Å². The molecule has 98 valence electrons. The summed E-state index contributed by atoms with van der Waals surface area (Å²) in [4.78, 5) is 15.2. The highest BCUT2D eigenvalue weighted by molar-refractivity contribution is 6.29. The highest BCUT2D eigenvalue weighted by Gasteiger charge is 2.05. The van der Waals surface area contributed by atoms with Crippen LogP contribution in [0.3, 0.4) is 0 Å². The zero-order valence-corrected chi connectivity index (χ0v) is 10.9. The lowest BCUT2D eigenvalue weighted by Crippen LogP contribution is -2.01. The summed E-state index contributed by atoms with van der Waals surface area (Å²) >= 11 is 5.80. The van der Waals surface area contributed by atoms with Gasteiger partial charge in [-0.05, 0) is 24.3 Å². The molecule has 0 amide bonds. The first-order chi connectivity index (χ1) is 9.10. The fraction of sp³-hybridized carbons (Fsp3) is 0.0769. The van der Waals surface area contributed by atoms with Crippen molar-refractivity contribution in [2.24, 2.45) is 0 Å². The molecule has 0 radical (unpaired) electrons. The van der Waals surface area contributed by atoms with E-state index in [1.807, 2.05) is 0 Å². The number of benzene rings is 1. The topological polar surface area (TPSA) is 77.2 Å². The third kappa shape index (κ3) is 3.14. The van der Waals surface area contributed by atoms with Gasteiger partial charge >= 0.3 is 5.97 Å². The van der Waals surface area contributed by atoms with Gasteiger partial charge in [-0.2, -0.15) is 0 Å². The molecule has 5 nitrogen and oxygen atoms in total. The summed E-state index contributed by atoms with van der Waals surface area (Å²) in [6.45, 7) is 0. The van der Waals surface area contributed by atoms with E-state index < -0.39 is 0 Å².